The first-order valence-corrected chi connectivity index (χ1v) is 11.2. The zero-order valence-corrected chi connectivity index (χ0v) is 19.2. The normalized spacial score (nSPS) is 14.6. The van der Waals surface area contributed by atoms with E-state index in [-0.39, 0.29) is 5.92 Å². The average Bonchev–Trinajstić information content (AvgIpc) is 2.84. The van der Waals surface area contributed by atoms with Crippen molar-refractivity contribution in [2.45, 2.75) is 18.9 Å². The van der Waals surface area contributed by atoms with Crippen LogP contribution in [0.15, 0.2) is 67.0 Å². The molecule has 168 valence electrons. The van der Waals surface area contributed by atoms with Gasteiger partial charge < -0.3 is 18.9 Å². The number of rotatable bonds is 6. The van der Waals surface area contributed by atoms with Crippen LogP contribution in [-0.2, 0) is 6.54 Å². The summed E-state index contributed by atoms with van der Waals surface area (Å²) < 4.78 is 14.1. The van der Waals surface area contributed by atoms with Gasteiger partial charge in [-0.15, -0.1) is 0 Å². The maximum Gasteiger partial charge on any atom is 0.228 e. The molecule has 6 nitrogen and oxygen atoms in total. The lowest BCUT2D eigenvalue weighted by atomic mass is 9.82. The Hall–Kier alpha value is -3.64. The fraction of sp³-hybridized carbons (Fsp3) is 0.259. The molecule has 0 saturated carbocycles. The van der Waals surface area contributed by atoms with E-state index in [1.54, 1.807) is 13.4 Å². The second-order valence-corrected chi connectivity index (χ2v) is 8.64. The van der Waals surface area contributed by atoms with Crippen LogP contribution < -0.4 is 15.0 Å². The Morgan fingerprint density at radius 3 is 2.64 bits per heavy atom. The molecule has 0 spiro atoms. The van der Waals surface area contributed by atoms with Crippen molar-refractivity contribution < 1.29 is 9.47 Å². The molecule has 2 heterocycles. The Bertz CT molecular complexity index is 1380. The van der Waals surface area contributed by atoms with Gasteiger partial charge in [-0.25, -0.2) is 4.98 Å². The molecular formula is C27H28N4O2. The van der Waals surface area contributed by atoms with Crippen molar-refractivity contribution in [1.29, 1.82) is 5.41 Å². The van der Waals surface area contributed by atoms with Crippen molar-refractivity contribution in [3.8, 4) is 17.4 Å². The molecule has 6 heteroatoms. The first-order chi connectivity index (χ1) is 16.1. The molecule has 0 amide bonds. The van der Waals surface area contributed by atoms with Gasteiger partial charge in [0.15, 0.2) is 0 Å². The molecule has 5 rings (SSSR count). The lowest BCUT2D eigenvalue weighted by Crippen LogP contribution is -2.30. The number of aromatic nitrogens is 2. The molecule has 0 aliphatic carbocycles. The third-order valence-corrected chi connectivity index (χ3v) is 6.25. The Morgan fingerprint density at radius 1 is 1.03 bits per heavy atom. The van der Waals surface area contributed by atoms with Crippen LogP contribution in [0.4, 0.5) is 0 Å². The molecule has 0 radical (unpaired) electrons. The molecule has 0 fully saturated rings. The third-order valence-electron chi connectivity index (χ3n) is 6.25. The van der Waals surface area contributed by atoms with Gasteiger partial charge in [0.2, 0.25) is 5.88 Å². The predicted molar refractivity (Wildman–Crippen MR) is 129 cm³/mol. The predicted octanol–water partition coefficient (Wildman–Crippen LogP) is 4.76. The summed E-state index contributed by atoms with van der Waals surface area (Å²) in [6.45, 7) is 1.67. The average molecular weight is 441 g/mol. The number of benzene rings is 3. The minimum absolute atomic E-state index is 0.217. The summed E-state index contributed by atoms with van der Waals surface area (Å²) in [5.41, 5.74) is 3.22. The van der Waals surface area contributed by atoms with E-state index >= 15 is 0 Å². The lowest BCUT2D eigenvalue weighted by molar-refractivity contribution is 0.378. The summed E-state index contributed by atoms with van der Waals surface area (Å²) in [5.74, 6) is 1.86. The molecule has 1 aliphatic rings. The zero-order valence-electron chi connectivity index (χ0n) is 19.2. The molecule has 0 saturated heterocycles. The highest BCUT2D eigenvalue weighted by molar-refractivity contribution is 5.91. The third kappa shape index (κ3) is 3.76. The quantitative estimate of drug-likeness (QED) is 0.413. The molecule has 0 unspecified atom stereocenters. The summed E-state index contributed by atoms with van der Waals surface area (Å²) in [6.07, 6.45) is 2.66. The number of fused-ring (bicyclic) bond motifs is 4. The van der Waals surface area contributed by atoms with Crippen molar-refractivity contribution in [3.05, 3.63) is 89.2 Å². The smallest absolute Gasteiger partial charge is 0.228 e. The van der Waals surface area contributed by atoms with Gasteiger partial charge in [-0.3, -0.25) is 5.41 Å². The number of methoxy groups -OCH3 is 1. The van der Waals surface area contributed by atoms with Crippen LogP contribution in [0, 0.1) is 5.41 Å². The number of ether oxygens (including phenoxy) is 2. The van der Waals surface area contributed by atoms with Crippen LogP contribution in [0.25, 0.3) is 10.8 Å². The largest absolute Gasteiger partial charge is 0.496 e. The van der Waals surface area contributed by atoms with Gasteiger partial charge in [-0.1, -0.05) is 54.6 Å². The molecular weight excluding hydrogens is 412 g/mol. The van der Waals surface area contributed by atoms with E-state index < -0.39 is 0 Å². The number of para-hydroxylation sites is 1. The maximum absolute atomic E-state index is 9.11. The Kier molecular flexibility index (Phi) is 5.60. The highest BCUT2D eigenvalue weighted by Gasteiger charge is 2.34. The SMILES string of the molecule is COc1ccccc1[C@H]1c2ccc3ccccc3c2Oc2ncn(CCCN(C)C)c(=N)c21. The number of hydrogen-bond acceptors (Lipinski definition) is 5. The van der Waals surface area contributed by atoms with Crippen LogP contribution in [-0.4, -0.2) is 42.2 Å². The van der Waals surface area contributed by atoms with E-state index in [0.29, 0.717) is 11.4 Å². The molecule has 0 bridgehead atoms. The summed E-state index contributed by atoms with van der Waals surface area (Å²) in [5, 5.41) is 11.3. The summed E-state index contributed by atoms with van der Waals surface area (Å²) in [4.78, 5) is 6.83. The second kappa shape index (κ2) is 8.71. The van der Waals surface area contributed by atoms with Gasteiger partial charge >= 0.3 is 0 Å². The molecule has 4 aromatic rings. The van der Waals surface area contributed by atoms with Crippen LogP contribution in [0.2, 0.25) is 0 Å². The van der Waals surface area contributed by atoms with Gasteiger partial charge in [0.05, 0.1) is 18.6 Å². The van der Waals surface area contributed by atoms with Crippen molar-refractivity contribution in [2.24, 2.45) is 0 Å². The van der Waals surface area contributed by atoms with Crippen LogP contribution in [0.5, 0.6) is 17.4 Å². The standard InChI is InChI=1S/C27H28N4O2/c1-30(2)15-8-16-31-17-29-27-24(26(31)28)23(20-11-6-7-12-22(20)32-3)21-14-13-18-9-4-5-10-19(18)25(21)33-27/h4-7,9-14,17,23,28H,8,15-16H2,1-3H3/t23-/m0/s1. The highest BCUT2D eigenvalue weighted by atomic mass is 16.5. The zero-order chi connectivity index (χ0) is 22.9. The molecule has 1 atom stereocenters. The topological polar surface area (TPSA) is 63.4 Å². The molecule has 1 aliphatic heterocycles. The molecule has 1 N–H and O–H groups in total. The number of hydrogen-bond donors (Lipinski definition) is 1. The van der Waals surface area contributed by atoms with Crippen molar-refractivity contribution in [1.82, 2.24) is 14.5 Å². The van der Waals surface area contributed by atoms with E-state index in [2.05, 4.69) is 54.3 Å². The second-order valence-electron chi connectivity index (χ2n) is 8.64. The fourth-order valence-electron chi connectivity index (χ4n) is 4.65. The van der Waals surface area contributed by atoms with Crippen LogP contribution in [0.1, 0.15) is 29.0 Å². The van der Waals surface area contributed by atoms with E-state index in [1.165, 1.54) is 0 Å². The first kappa shape index (κ1) is 21.2. The lowest BCUT2D eigenvalue weighted by Gasteiger charge is -2.30. The number of nitrogens with zero attached hydrogens (tertiary/aromatic N) is 3. The fourth-order valence-corrected chi connectivity index (χ4v) is 4.65. The minimum Gasteiger partial charge on any atom is -0.496 e. The van der Waals surface area contributed by atoms with E-state index in [9.17, 15) is 0 Å². The summed E-state index contributed by atoms with van der Waals surface area (Å²) >= 11 is 0. The van der Waals surface area contributed by atoms with Gasteiger partial charge in [-0.05, 0) is 38.5 Å². The number of aryl methyl sites for hydroxylation is 1. The van der Waals surface area contributed by atoms with E-state index in [1.807, 2.05) is 34.9 Å². The van der Waals surface area contributed by atoms with Crippen molar-refractivity contribution in [3.63, 3.8) is 0 Å². The van der Waals surface area contributed by atoms with Crippen molar-refractivity contribution in [2.75, 3.05) is 27.7 Å². The van der Waals surface area contributed by atoms with E-state index in [4.69, 9.17) is 14.9 Å². The highest BCUT2D eigenvalue weighted by Crippen LogP contribution is 2.49. The van der Waals surface area contributed by atoms with Gasteiger partial charge in [0.1, 0.15) is 23.3 Å². The summed E-state index contributed by atoms with van der Waals surface area (Å²) in [7, 11) is 5.81. The number of nitrogens with one attached hydrogen (secondary N) is 1. The maximum atomic E-state index is 9.11. The Morgan fingerprint density at radius 2 is 1.82 bits per heavy atom. The Labute approximate surface area is 193 Å². The monoisotopic (exact) mass is 440 g/mol. The minimum atomic E-state index is -0.217. The van der Waals surface area contributed by atoms with Crippen LogP contribution in [0.3, 0.4) is 0 Å². The van der Waals surface area contributed by atoms with Crippen molar-refractivity contribution >= 4 is 10.8 Å². The van der Waals surface area contributed by atoms with E-state index in [0.717, 1.165) is 58.5 Å². The van der Waals surface area contributed by atoms with Crippen LogP contribution >= 0.6 is 0 Å². The first-order valence-electron chi connectivity index (χ1n) is 11.2. The summed E-state index contributed by atoms with van der Waals surface area (Å²) in [6, 6.07) is 20.5. The van der Waals surface area contributed by atoms with Gasteiger partial charge in [-0.2, -0.15) is 0 Å². The van der Waals surface area contributed by atoms with Gasteiger partial charge in [0, 0.05) is 23.1 Å². The molecule has 1 aromatic heterocycles. The van der Waals surface area contributed by atoms with Gasteiger partial charge in [0.25, 0.3) is 0 Å². The molecule has 3 aromatic carbocycles. The molecule has 33 heavy (non-hydrogen) atoms. The Balaban J connectivity index is 1.73.